The van der Waals surface area contributed by atoms with Crippen LogP contribution < -0.4 is 0 Å². The van der Waals surface area contributed by atoms with E-state index in [0.29, 0.717) is 11.6 Å². The van der Waals surface area contributed by atoms with Crippen LogP contribution in [0.5, 0.6) is 0 Å². The molecule has 0 radical (unpaired) electrons. The Hall–Kier alpha value is -1.39. The lowest BCUT2D eigenvalue weighted by Gasteiger charge is -2.42. The molecule has 0 saturated carbocycles. The number of hydrogen-bond acceptors (Lipinski definition) is 4. The lowest BCUT2D eigenvalue weighted by molar-refractivity contribution is 0.0540. The number of carbonyl (C=O) groups excluding carboxylic acids is 1. The van der Waals surface area contributed by atoms with Gasteiger partial charge in [-0.1, -0.05) is 12.1 Å². The number of fused-ring (bicyclic) bond motifs is 1. The third-order valence-electron chi connectivity index (χ3n) is 4.83. The fourth-order valence-corrected chi connectivity index (χ4v) is 3.57. The molecule has 2 saturated heterocycles. The molecule has 3 rings (SSSR count). The van der Waals surface area contributed by atoms with Gasteiger partial charge in [0.05, 0.1) is 12.7 Å². The van der Waals surface area contributed by atoms with Gasteiger partial charge in [-0.2, -0.15) is 0 Å². The van der Waals surface area contributed by atoms with E-state index in [0.717, 1.165) is 12.6 Å². The highest BCUT2D eigenvalue weighted by molar-refractivity contribution is 5.89. The minimum absolute atomic E-state index is 0.269. The molecule has 4 nitrogen and oxygen atoms in total. The molecule has 0 spiro atoms. The molecule has 2 fully saturated rings. The van der Waals surface area contributed by atoms with Crippen LogP contribution in [0.25, 0.3) is 0 Å². The van der Waals surface area contributed by atoms with Crippen LogP contribution in [0.15, 0.2) is 24.3 Å². The second kappa shape index (κ2) is 6.16. The summed E-state index contributed by atoms with van der Waals surface area (Å²) < 4.78 is 4.74. The van der Waals surface area contributed by atoms with Crippen molar-refractivity contribution >= 4 is 5.97 Å². The van der Waals surface area contributed by atoms with E-state index in [4.69, 9.17) is 4.74 Å². The van der Waals surface area contributed by atoms with Crippen LogP contribution in [0.3, 0.4) is 0 Å². The highest BCUT2D eigenvalue weighted by Gasteiger charge is 2.34. The fraction of sp³-hybridized carbons (Fsp3) is 0.588. The summed E-state index contributed by atoms with van der Waals surface area (Å²) in [6.45, 7) is 6.91. The molecule has 1 aromatic carbocycles. The first-order valence-corrected chi connectivity index (χ1v) is 7.82. The van der Waals surface area contributed by atoms with Gasteiger partial charge in [0.15, 0.2) is 0 Å². The maximum atomic E-state index is 11.5. The summed E-state index contributed by atoms with van der Waals surface area (Å²) in [5, 5.41) is 0. The Morgan fingerprint density at radius 1 is 1.29 bits per heavy atom. The Morgan fingerprint density at radius 2 is 2.05 bits per heavy atom. The van der Waals surface area contributed by atoms with E-state index < -0.39 is 0 Å². The average molecular weight is 288 g/mol. The zero-order valence-corrected chi connectivity index (χ0v) is 12.9. The molecule has 2 aliphatic rings. The van der Waals surface area contributed by atoms with Gasteiger partial charge in [-0.15, -0.1) is 0 Å². The number of rotatable bonds is 3. The molecule has 0 N–H and O–H groups in total. The average Bonchev–Trinajstić information content (AvgIpc) is 2.94. The normalized spacial score (nSPS) is 26.6. The van der Waals surface area contributed by atoms with Crippen LogP contribution >= 0.6 is 0 Å². The van der Waals surface area contributed by atoms with Gasteiger partial charge in [0.25, 0.3) is 0 Å². The molecule has 0 amide bonds. The van der Waals surface area contributed by atoms with Crippen molar-refractivity contribution in [2.75, 3.05) is 26.7 Å². The molecule has 114 valence electrons. The number of benzene rings is 1. The predicted octanol–water partition coefficient (Wildman–Crippen LogP) is 2.14. The zero-order chi connectivity index (χ0) is 14.8. The van der Waals surface area contributed by atoms with Crippen molar-refractivity contribution in [3.05, 3.63) is 35.4 Å². The summed E-state index contributed by atoms with van der Waals surface area (Å²) in [6, 6.07) is 9.14. The number of methoxy groups -OCH3 is 1. The molecule has 1 aromatic rings. The van der Waals surface area contributed by atoms with Crippen molar-refractivity contribution in [1.82, 2.24) is 9.80 Å². The maximum Gasteiger partial charge on any atom is 0.337 e. The van der Waals surface area contributed by atoms with E-state index in [2.05, 4.69) is 16.7 Å². The monoisotopic (exact) mass is 288 g/mol. The second-order valence-electron chi connectivity index (χ2n) is 6.26. The van der Waals surface area contributed by atoms with Gasteiger partial charge in [-0.3, -0.25) is 9.80 Å². The SMILES string of the molecule is COC(=O)c1ccc(CN2C[C@H]3CCCN3C[C@@H]2C)cc1. The Labute approximate surface area is 126 Å². The Kier molecular flexibility index (Phi) is 4.27. The van der Waals surface area contributed by atoms with E-state index in [1.54, 1.807) is 0 Å². The van der Waals surface area contributed by atoms with Crippen LogP contribution in [-0.4, -0.2) is 54.6 Å². The van der Waals surface area contributed by atoms with Crippen LogP contribution in [0.4, 0.5) is 0 Å². The first-order valence-electron chi connectivity index (χ1n) is 7.82. The molecule has 21 heavy (non-hydrogen) atoms. The van der Waals surface area contributed by atoms with Gasteiger partial charge >= 0.3 is 5.97 Å². The summed E-state index contributed by atoms with van der Waals surface area (Å²) in [5.41, 5.74) is 1.89. The van der Waals surface area contributed by atoms with Crippen molar-refractivity contribution in [2.45, 2.75) is 38.4 Å². The smallest absolute Gasteiger partial charge is 0.337 e. The summed E-state index contributed by atoms with van der Waals surface area (Å²) in [4.78, 5) is 16.7. The van der Waals surface area contributed by atoms with Gasteiger partial charge in [0.2, 0.25) is 0 Å². The molecule has 0 aromatic heterocycles. The van der Waals surface area contributed by atoms with Gasteiger partial charge in [0.1, 0.15) is 0 Å². The number of hydrogen-bond donors (Lipinski definition) is 0. The van der Waals surface area contributed by atoms with Gasteiger partial charge in [-0.05, 0) is 44.0 Å². The fourth-order valence-electron chi connectivity index (χ4n) is 3.57. The van der Waals surface area contributed by atoms with Crippen LogP contribution in [0.2, 0.25) is 0 Å². The van der Waals surface area contributed by atoms with Crippen molar-refractivity contribution in [1.29, 1.82) is 0 Å². The first-order chi connectivity index (χ1) is 10.2. The van der Waals surface area contributed by atoms with Crippen molar-refractivity contribution in [2.24, 2.45) is 0 Å². The molecule has 2 heterocycles. The maximum absolute atomic E-state index is 11.5. The Balaban J connectivity index is 1.64. The van der Waals surface area contributed by atoms with Crippen LogP contribution in [0, 0.1) is 0 Å². The lowest BCUT2D eigenvalue weighted by Crippen LogP contribution is -2.54. The summed E-state index contributed by atoms with van der Waals surface area (Å²) >= 11 is 0. The minimum Gasteiger partial charge on any atom is -0.465 e. The summed E-state index contributed by atoms with van der Waals surface area (Å²) in [6.07, 6.45) is 2.68. The second-order valence-corrected chi connectivity index (χ2v) is 6.26. The topological polar surface area (TPSA) is 32.8 Å². The minimum atomic E-state index is -0.269. The van der Waals surface area contributed by atoms with Gasteiger partial charge in [-0.25, -0.2) is 4.79 Å². The molecule has 4 heteroatoms. The molecule has 2 aliphatic heterocycles. The third-order valence-corrected chi connectivity index (χ3v) is 4.83. The largest absolute Gasteiger partial charge is 0.465 e. The van der Waals surface area contributed by atoms with Crippen LogP contribution in [-0.2, 0) is 11.3 Å². The number of piperazine rings is 1. The van der Waals surface area contributed by atoms with Crippen molar-refractivity contribution < 1.29 is 9.53 Å². The molecule has 0 aliphatic carbocycles. The van der Waals surface area contributed by atoms with Crippen molar-refractivity contribution in [3.8, 4) is 0 Å². The van der Waals surface area contributed by atoms with Gasteiger partial charge < -0.3 is 4.74 Å². The molecule has 2 atom stereocenters. The lowest BCUT2D eigenvalue weighted by atomic mass is 10.1. The summed E-state index contributed by atoms with van der Waals surface area (Å²) in [7, 11) is 1.42. The van der Waals surface area contributed by atoms with Gasteiger partial charge in [0, 0.05) is 31.7 Å². The van der Waals surface area contributed by atoms with Crippen molar-refractivity contribution in [3.63, 3.8) is 0 Å². The molecular formula is C17H24N2O2. The highest BCUT2D eigenvalue weighted by atomic mass is 16.5. The molecule has 0 bridgehead atoms. The zero-order valence-electron chi connectivity index (χ0n) is 12.9. The molecule has 0 unspecified atom stereocenters. The van der Waals surface area contributed by atoms with E-state index in [1.165, 1.54) is 45.1 Å². The Bertz CT molecular complexity index is 500. The standard InChI is InChI=1S/C17H24N2O2/c1-13-10-18-9-3-4-16(18)12-19(13)11-14-5-7-15(8-6-14)17(20)21-2/h5-8,13,16H,3-4,9-12H2,1-2H3/t13-,16+/m0/s1. The highest BCUT2D eigenvalue weighted by Crippen LogP contribution is 2.25. The number of esters is 1. The van der Waals surface area contributed by atoms with E-state index >= 15 is 0 Å². The van der Waals surface area contributed by atoms with E-state index in [1.807, 2.05) is 24.3 Å². The number of carbonyl (C=O) groups is 1. The third kappa shape index (κ3) is 3.11. The number of nitrogens with zero attached hydrogens (tertiary/aromatic N) is 2. The van der Waals surface area contributed by atoms with E-state index in [-0.39, 0.29) is 5.97 Å². The summed E-state index contributed by atoms with van der Waals surface area (Å²) in [5.74, 6) is -0.269. The first kappa shape index (κ1) is 14.5. The predicted molar refractivity (Wildman–Crippen MR) is 82.2 cm³/mol. The Morgan fingerprint density at radius 3 is 2.76 bits per heavy atom. The van der Waals surface area contributed by atoms with E-state index in [9.17, 15) is 4.79 Å². The molecular weight excluding hydrogens is 264 g/mol. The quantitative estimate of drug-likeness (QED) is 0.798. The number of ether oxygens (including phenoxy) is 1. The van der Waals surface area contributed by atoms with Crippen LogP contribution in [0.1, 0.15) is 35.7 Å².